The first-order valence-corrected chi connectivity index (χ1v) is 12.1. The van der Waals surface area contributed by atoms with Crippen LogP contribution in [-0.2, 0) is 20.6 Å². The minimum atomic E-state index is -1.02. The van der Waals surface area contributed by atoms with Gasteiger partial charge in [0.25, 0.3) is 0 Å². The Morgan fingerprint density at radius 3 is 2.62 bits per heavy atom. The summed E-state index contributed by atoms with van der Waals surface area (Å²) < 4.78 is 23.0. The lowest BCUT2D eigenvalue weighted by atomic mass is 9.67. The Balaban J connectivity index is 1.64. The highest BCUT2D eigenvalue weighted by Gasteiger charge is 2.72. The third-order valence-corrected chi connectivity index (χ3v) is 7.85. The summed E-state index contributed by atoms with van der Waals surface area (Å²) in [4.78, 5) is 28.2. The third-order valence-electron chi connectivity index (χ3n) is 7.85. The van der Waals surface area contributed by atoms with Crippen molar-refractivity contribution in [1.29, 1.82) is 0 Å². The summed E-state index contributed by atoms with van der Waals surface area (Å²) >= 11 is 0. The van der Waals surface area contributed by atoms with E-state index in [1.165, 1.54) is 10.5 Å². The summed E-state index contributed by atoms with van der Waals surface area (Å²) in [6.07, 6.45) is 3.22. The molecule has 1 aromatic heterocycles. The van der Waals surface area contributed by atoms with E-state index >= 15 is 0 Å². The van der Waals surface area contributed by atoms with Crippen molar-refractivity contribution in [2.45, 2.75) is 95.8 Å². The average molecular weight is 480 g/mol. The topological polar surface area (TPSA) is 134 Å². The normalized spacial score (nSPS) is 35.3. The molecule has 10 heteroatoms. The number of rotatable bonds is 9. The number of carbonyl (C=O) groups is 1. The maximum absolute atomic E-state index is 12.7. The Labute approximate surface area is 199 Å². The molecule has 7 atom stereocenters. The molecule has 1 amide bonds. The maximum Gasteiger partial charge on any atom is 0.438 e. The van der Waals surface area contributed by atoms with Gasteiger partial charge in [0.15, 0.2) is 5.82 Å². The second kappa shape index (κ2) is 9.13. The van der Waals surface area contributed by atoms with Gasteiger partial charge in [-0.1, -0.05) is 30.7 Å². The molecule has 2 aliphatic heterocycles. The molecule has 3 fully saturated rings. The smallest absolute Gasteiger partial charge is 0.438 e. The molecule has 0 aromatic carbocycles. The van der Waals surface area contributed by atoms with Crippen LogP contribution in [-0.4, -0.2) is 75.5 Å². The number of amides is 1. The van der Waals surface area contributed by atoms with Crippen LogP contribution in [0.4, 0.5) is 4.79 Å². The van der Waals surface area contributed by atoms with Crippen LogP contribution in [0, 0.1) is 11.8 Å². The number of ether oxygens (including phenoxy) is 3. The van der Waals surface area contributed by atoms with E-state index in [1.54, 1.807) is 7.11 Å². The number of nitrogens with zero attached hydrogens (tertiary/aromatic N) is 2. The number of aromatic amines is 1. The van der Waals surface area contributed by atoms with Crippen molar-refractivity contribution in [2.75, 3.05) is 13.7 Å². The van der Waals surface area contributed by atoms with E-state index in [1.807, 2.05) is 13.8 Å². The molecule has 0 unspecified atom stereocenters. The van der Waals surface area contributed by atoms with Gasteiger partial charge in [0.05, 0.1) is 30.5 Å². The van der Waals surface area contributed by atoms with Crippen LogP contribution in [0.25, 0.3) is 0 Å². The number of hydrogen-bond donors (Lipinski definition) is 2. The second-order valence-electron chi connectivity index (χ2n) is 10.7. The fourth-order valence-corrected chi connectivity index (χ4v) is 5.99. The van der Waals surface area contributed by atoms with Gasteiger partial charge in [0.1, 0.15) is 5.60 Å². The van der Waals surface area contributed by atoms with Crippen molar-refractivity contribution in [2.24, 2.45) is 11.8 Å². The standard InChI is InChI=1S/C24H37N3O7/c1-13(2)7-8-17-23(5,33-17)20-19(31-6)15(9-10-24(20)12-32-24)27(22(29)30)16(14(3)4)11-18-25-21(28)34-26-18/h7,14-17,19-20H,8-12H2,1-6H3,(H,29,30)(H,25,26,28)/t15-,16+,17-,19-,20-,23+,24+/m1/s1. The first-order valence-electron chi connectivity index (χ1n) is 12.1. The molecule has 3 aliphatic rings. The van der Waals surface area contributed by atoms with Gasteiger partial charge in [0, 0.05) is 25.5 Å². The average Bonchev–Trinajstić information content (AvgIpc) is 3.63. The van der Waals surface area contributed by atoms with Crippen LogP contribution in [0.3, 0.4) is 0 Å². The molecule has 0 radical (unpaired) electrons. The Morgan fingerprint density at radius 2 is 2.12 bits per heavy atom. The van der Waals surface area contributed by atoms with Gasteiger partial charge in [0.2, 0.25) is 0 Å². The first kappa shape index (κ1) is 24.9. The molecule has 10 nitrogen and oxygen atoms in total. The first-order chi connectivity index (χ1) is 16.0. The molecule has 1 aliphatic carbocycles. The lowest BCUT2D eigenvalue weighted by Crippen LogP contribution is -2.63. The van der Waals surface area contributed by atoms with Gasteiger partial charge in [-0.25, -0.2) is 9.59 Å². The molecule has 3 heterocycles. The van der Waals surface area contributed by atoms with Gasteiger partial charge in [-0.15, -0.1) is 0 Å². The number of nitrogens with one attached hydrogen (secondary N) is 1. The quantitative estimate of drug-likeness (QED) is 0.408. The lowest BCUT2D eigenvalue weighted by molar-refractivity contribution is -0.101. The zero-order valence-corrected chi connectivity index (χ0v) is 20.9. The van der Waals surface area contributed by atoms with E-state index in [0.29, 0.717) is 18.9 Å². The van der Waals surface area contributed by atoms with Gasteiger partial charge < -0.3 is 19.3 Å². The van der Waals surface area contributed by atoms with Crippen molar-refractivity contribution in [3.8, 4) is 0 Å². The number of epoxide rings is 2. The molecule has 4 rings (SSSR count). The molecule has 0 bridgehead atoms. The van der Waals surface area contributed by atoms with Crippen LogP contribution in [0.1, 0.15) is 59.7 Å². The predicted octanol–water partition coefficient (Wildman–Crippen LogP) is 2.99. The number of allylic oxidation sites excluding steroid dienone is 1. The second-order valence-corrected chi connectivity index (χ2v) is 10.7. The fourth-order valence-electron chi connectivity index (χ4n) is 5.99. The largest absolute Gasteiger partial charge is 0.465 e. The van der Waals surface area contributed by atoms with Gasteiger partial charge in [-0.3, -0.25) is 14.4 Å². The maximum atomic E-state index is 12.7. The highest BCUT2D eigenvalue weighted by Crippen LogP contribution is 2.60. The minimum Gasteiger partial charge on any atom is -0.465 e. The van der Waals surface area contributed by atoms with Crippen molar-refractivity contribution in [3.63, 3.8) is 0 Å². The van der Waals surface area contributed by atoms with Gasteiger partial charge >= 0.3 is 11.8 Å². The summed E-state index contributed by atoms with van der Waals surface area (Å²) in [7, 11) is 1.64. The van der Waals surface area contributed by atoms with E-state index in [0.717, 1.165) is 12.8 Å². The predicted molar refractivity (Wildman–Crippen MR) is 123 cm³/mol. The molecule has 1 saturated carbocycles. The molecular formula is C24H37N3O7. The molecule has 34 heavy (non-hydrogen) atoms. The van der Waals surface area contributed by atoms with Crippen molar-refractivity contribution < 1.29 is 28.6 Å². The van der Waals surface area contributed by atoms with Crippen LogP contribution >= 0.6 is 0 Å². The number of carboxylic acid groups (broad SMARTS) is 1. The molecular weight excluding hydrogens is 442 g/mol. The monoisotopic (exact) mass is 479 g/mol. The summed E-state index contributed by atoms with van der Waals surface area (Å²) in [5, 5.41) is 14.1. The van der Waals surface area contributed by atoms with Crippen LogP contribution in [0.5, 0.6) is 0 Å². The van der Waals surface area contributed by atoms with E-state index in [-0.39, 0.29) is 30.0 Å². The fraction of sp³-hybridized carbons (Fsp3) is 0.792. The van der Waals surface area contributed by atoms with Gasteiger partial charge in [-0.05, 0) is 46.0 Å². The van der Waals surface area contributed by atoms with E-state index < -0.39 is 35.6 Å². The van der Waals surface area contributed by atoms with Gasteiger partial charge in [-0.2, -0.15) is 0 Å². The highest BCUT2D eigenvalue weighted by molar-refractivity contribution is 5.66. The van der Waals surface area contributed by atoms with Crippen LogP contribution in [0.15, 0.2) is 21.0 Å². The summed E-state index contributed by atoms with van der Waals surface area (Å²) in [6, 6.07) is -0.816. The number of methoxy groups -OCH3 is 1. The Bertz CT molecular complexity index is 977. The molecule has 1 aromatic rings. The van der Waals surface area contributed by atoms with E-state index in [4.69, 9.17) is 14.2 Å². The highest BCUT2D eigenvalue weighted by atomic mass is 16.6. The van der Waals surface area contributed by atoms with Crippen molar-refractivity contribution in [3.05, 3.63) is 28.0 Å². The summed E-state index contributed by atoms with van der Waals surface area (Å²) in [5.41, 5.74) is 0.458. The van der Waals surface area contributed by atoms with Crippen molar-refractivity contribution in [1.82, 2.24) is 15.0 Å². The number of hydrogen-bond acceptors (Lipinski definition) is 7. The Hall–Kier alpha value is -2.17. The summed E-state index contributed by atoms with van der Waals surface area (Å²) in [6.45, 7) is 10.8. The number of H-pyrrole nitrogens is 1. The van der Waals surface area contributed by atoms with Crippen LogP contribution < -0.4 is 5.76 Å². The third kappa shape index (κ3) is 4.55. The molecule has 2 saturated heterocycles. The zero-order chi connectivity index (χ0) is 24.8. The molecule has 1 spiro atoms. The lowest BCUT2D eigenvalue weighted by Gasteiger charge is -2.49. The zero-order valence-electron chi connectivity index (χ0n) is 20.9. The van der Waals surface area contributed by atoms with E-state index in [2.05, 4.69) is 41.5 Å². The Kier molecular flexibility index (Phi) is 6.69. The SMILES string of the molecule is CO[C@@H]1[C@H](N(C(=O)O)[C@@H](Cc2noc(=O)[nH]2)C(C)C)CC[C@]2(CO2)[C@H]1[C@@]1(C)O[C@@H]1CC=C(C)C. The van der Waals surface area contributed by atoms with Crippen molar-refractivity contribution >= 4 is 6.09 Å². The summed E-state index contributed by atoms with van der Waals surface area (Å²) in [5.74, 6) is -0.446. The molecule has 2 N–H and O–H groups in total. The minimum absolute atomic E-state index is 0.0292. The molecule has 190 valence electrons. The van der Waals surface area contributed by atoms with Crippen LogP contribution in [0.2, 0.25) is 0 Å². The number of aromatic nitrogens is 2. The van der Waals surface area contributed by atoms with E-state index in [9.17, 15) is 14.7 Å². The Morgan fingerprint density at radius 1 is 1.41 bits per heavy atom.